The number of hydrogen-bond acceptors (Lipinski definition) is 1. The Labute approximate surface area is 129 Å². The Balaban J connectivity index is 2.03. The Hall–Kier alpha value is -1.49. The Morgan fingerprint density at radius 2 is 1.57 bits per heavy atom. The van der Waals surface area contributed by atoms with Gasteiger partial charge in [-0.15, -0.1) is 13.2 Å². The zero-order valence-corrected chi connectivity index (χ0v) is 12.7. The van der Waals surface area contributed by atoms with Crippen LogP contribution in [-0.2, 0) is 6.42 Å². The molecule has 1 unspecified atom stereocenters. The van der Waals surface area contributed by atoms with Crippen LogP contribution < -0.4 is 4.74 Å². The standard InChI is InChI=1S/C16H14BrF3O/c17-14(12-6-2-1-3-7-12)11-10-13-8-4-5-9-15(13)21-16(18,19)20/h1-9,14H,10-11H2. The lowest BCUT2D eigenvalue weighted by Gasteiger charge is -2.14. The van der Waals surface area contributed by atoms with Crippen LogP contribution in [0.1, 0.15) is 22.4 Å². The summed E-state index contributed by atoms with van der Waals surface area (Å²) in [4.78, 5) is 0.0950. The van der Waals surface area contributed by atoms with Gasteiger partial charge in [0.25, 0.3) is 0 Å². The third-order valence-electron chi connectivity index (χ3n) is 3.03. The highest BCUT2D eigenvalue weighted by Crippen LogP contribution is 2.31. The molecule has 0 aromatic heterocycles. The summed E-state index contributed by atoms with van der Waals surface area (Å²) in [6.45, 7) is 0. The van der Waals surface area contributed by atoms with E-state index in [2.05, 4.69) is 20.7 Å². The predicted octanol–water partition coefficient (Wildman–Crippen LogP) is 5.65. The molecule has 0 aliphatic heterocycles. The Kier molecular flexibility index (Phi) is 5.28. The molecule has 0 aliphatic carbocycles. The van der Waals surface area contributed by atoms with E-state index in [0.717, 1.165) is 5.56 Å². The van der Waals surface area contributed by atoms with Crippen LogP contribution in [0.2, 0.25) is 0 Å². The Bertz CT molecular complexity index is 569. The second kappa shape index (κ2) is 6.98. The van der Waals surface area contributed by atoms with Crippen LogP contribution in [0, 0.1) is 0 Å². The van der Waals surface area contributed by atoms with Gasteiger partial charge in [0.05, 0.1) is 0 Å². The van der Waals surface area contributed by atoms with Crippen molar-refractivity contribution in [3.05, 3.63) is 65.7 Å². The van der Waals surface area contributed by atoms with Crippen LogP contribution in [0.4, 0.5) is 13.2 Å². The molecular formula is C16H14BrF3O. The van der Waals surface area contributed by atoms with Crippen LogP contribution in [0.5, 0.6) is 5.75 Å². The average molecular weight is 359 g/mol. The zero-order valence-electron chi connectivity index (χ0n) is 11.1. The normalized spacial score (nSPS) is 13.0. The number of alkyl halides is 4. The monoisotopic (exact) mass is 358 g/mol. The van der Waals surface area contributed by atoms with Crippen molar-refractivity contribution in [1.82, 2.24) is 0 Å². The maximum Gasteiger partial charge on any atom is 0.573 e. The number of halogens is 4. The fourth-order valence-corrected chi connectivity index (χ4v) is 2.58. The number of ether oxygens (including phenoxy) is 1. The summed E-state index contributed by atoms with van der Waals surface area (Å²) in [5, 5.41) is 0. The van der Waals surface area contributed by atoms with E-state index in [9.17, 15) is 13.2 Å². The van der Waals surface area contributed by atoms with Gasteiger partial charge in [-0.05, 0) is 30.0 Å². The van der Waals surface area contributed by atoms with Gasteiger partial charge in [-0.25, -0.2) is 0 Å². The average Bonchev–Trinajstić information content (AvgIpc) is 2.45. The summed E-state index contributed by atoms with van der Waals surface area (Å²) in [5.74, 6) is -0.127. The van der Waals surface area contributed by atoms with Crippen LogP contribution in [0.25, 0.3) is 0 Å². The van der Waals surface area contributed by atoms with Gasteiger partial charge >= 0.3 is 6.36 Å². The summed E-state index contributed by atoms with van der Waals surface area (Å²) in [7, 11) is 0. The molecule has 0 bridgehead atoms. The molecule has 112 valence electrons. The van der Waals surface area contributed by atoms with Gasteiger partial charge in [0, 0.05) is 4.83 Å². The van der Waals surface area contributed by atoms with E-state index in [1.807, 2.05) is 30.3 Å². The first-order chi connectivity index (χ1) is 9.96. The quantitative estimate of drug-likeness (QED) is 0.627. The van der Waals surface area contributed by atoms with Crippen molar-refractivity contribution in [2.75, 3.05) is 0 Å². The van der Waals surface area contributed by atoms with Crippen LogP contribution in [0.15, 0.2) is 54.6 Å². The van der Waals surface area contributed by atoms with Crippen molar-refractivity contribution < 1.29 is 17.9 Å². The summed E-state index contributed by atoms with van der Waals surface area (Å²) in [5.41, 5.74) is 1.65. The van der Waals surface area contributed by atoms with Crippen LogP contribution in [-0.4, -0.2) is 6.36 Å². The van der Waals surface area contributed by atoms with Crippen molar-refractivity contribution in [3.63, 3.8) is 0 Å². The van der Waals surface area contributed by atoms with Crippen molar-refractivity contribution >= 4 is 15.9 Å². The maximum absolute atomic E-state index is 12.4. The van der Waals surface area contributed by atoms with Gasteiger partial charge in [-0.3, -0.25) is 0 Å². The van der Waals surface area contributed by atoms with E-state index < -0.39 is 6.36 Å². The molecule has 21 heavy (non-hydrogen) atoms. The SMILES string of the molecule is FC(F)(F)Oc1ccccc1CCC(Br)c1ccccc1. The number of aryl methyl sites for hydroxylation is 1. The summed E-state index contributed by atoms with van der Waals surface area (Å²) in [6, 6.07) is 16.0. The number of rotatable bonds is 5. The van der Waals surface area contributed by atoms with E-state index in [0.29, 0.717) is 18.4 Å². The molecule has 5 heteroatoms. The highest BCUT2D eigenvalue weighted by Gasteiger charge is 2.31. The Morgan fingerprint density at radius 3 is 2.24 bits per heavy atom. The molecule has 1 nitrogen and oxygen atoms in total. The van der Waals surface area contributed by atoms with E-state index in [-0.39, 0.29) is 10.6 Å². The minimum absolute atomic E-state index is 0.0950. The highest BCUT2D eigenvalue weighted by molar-refractivity contribution is 9.09. The second-order valence-electron chi connectivity index (χ2n) is 4.57. The Morgan fingerprint density at radius 1 is 0.952 bits per heavy atom. The van der Waals surface area contributed by atoms with Crippen LogP contribution in [0.3, 0.4) is 0 Å². The molecule has 0 N–H and O–H groups in total. The lowest BCUT2D eigenvalue weighted by molar-refractivity contribution is -0.274. The number of hydrogen-bond donors (Lipinski definition) is 0. The number of benzene rings is 2. The molecule has 0 spiro atoms. The molecule has 0 saturated carbocycles. The fourth-order valence-electron chi connectivity index (χ4n) is 2.05. The molecule has 0 saturated heterocycles. The van der Waals surface area contributed by atoms with E-state index >= 15 is 0 Å². The topological polar surface area (TPSA) is 9.23 Å². The molecule has 0 fully saturated rings. The lowest BCUT2D eigenvalue weighted by Crippen LogP contribution is -2.18. The third-order valence-corrected chi connectivity index (χ3v) is 4.01. The molecular weight excluding hydrogens is 345 g/mol. The number of para-hydroxylation sites is 1. The minimum atomic E-state index is -4.66. The van der Waals surface area contributed by atoms with Gasteiger partial charge in [-0.2, -0.15) is 0 Å². The first-order valence-corrected chi connectivity index (χ1v) is 7.40. The van der Waals surface area contributed by atoms with Gasteiger partial charge in [0.15, 0.2) is 0 Å². The molecule has 0 radical (unpaired) electrons. The summed E-state index contributed by atoms with van der Waals surface area (Å²) >= 11 is 3.57. The molecule has 2 aromatic carbocycles. The lowest BCUT2D eigenvalue weighted by atomic mass is 10.0. The van der Waals surface area contributed by atoms with Crippen molar-refractivity contribution in [1.29, 1.82) is 0 Å². The van der Waals surface area contributed by atoms with Crippen molar-refractivity contribution in [2.24, 2.45) is 0 Å². The van der Waals surface area contributed by atoms with Crippen LogP contribution >= 0.6 is 15.9 Å². The van der Waals surface area contributed by atoms with E-state index in [1.165, 1.54) is 12.1 Å². The highest BCUT2D eigenvalue weighted by atomic mass is 79.9. The van der Waals surface area contributed by atoms with Gasteiger partial charge in [0.2, 0.25) is 0 Å². The molecule has 1 atom stereocenters. The maximum atomic E-state index is 12.4. The fraction of sp³-hybridized carbons (Fsp3) is 0.250. The minimum Gasteiger partial charge on any atom is -0.406 e. The van der Waals surface area contributed by atoms with Gasteiger partial charge in [-0.1, -0.05) is 64.5 Å². The summed E-state index contributed by atoms with van der Waals surface area (Å²) in [6.07, 6.45) is -3.48. The third kappa shape index (κ3) is 5.08. The molecule has 0 heterocycles. The molecule has 0 amide bonds. The first-order valence-electron chi connectivity index (χ1n) is 6.48. The molecule has 0 aliphatic rings. The predicted molar refractivity (Wildman–Crippen MR) is 79.6 cm³/mol. The van der Waals surface area contributed by atoms with Crippen molar-refractivity contribution in [2.45, 2.75) is 24.0 Å². The summed E-state index contributed by atoms with van der Waals surface area (Å²) < 4.78 is 41.1. The smallest absolute Gasteiger partial charge is 0.406 e. The molecule has 2 rings (SSSR count). The van der Waals surface area contributed by atoms with E-state index in [1.54, 1.807) is 12.1 Å². The molecule has 2 aromatic rings. The van der Waals surface area contributed by atoms with E-state index in [4.69, 9.17) is 0 Å². The van der Waals surface area contributed by atoms with Crippen molar-refractivity contribution in [3.8, 4) is 5.75 Å². The zero-order chi connectivity index (χ0) is 15.3. The van der Waals surface area contributed by atoms with Gasteiger partial charge in [0.1, 0.15) is 5.75 Å². The largest absolute Gasteiger partial charge is 0.573 e. The second-order valence-corrected chi connectivity index (χ2v) is 5.68. The first kappa shape index (κ1) is 15.9. The van der Waals surface area contributed by atoms with Gasteiger partial charge < -0.3 is 4.74 Å².